The van der Waals surface area contributed by atoms with Gasteiger partial charge in [-0.1, -0.05) is 51.1 Å². The molecule has 1 atom stereocenters. The molecule has 1 unspecified atom stereocenters. The Bertz CT molecular complexity index is 654. The molecule has 0 fully saturated rings. The third-order valence-electron chi connectivity index (χ3n) is 3.61. The monoisotopic (exact) mass is 284 g/mol. The van der Waals surface area contributed by atoms with Gasteiger partial charge in [-0.2, -0.15) is 0 Å². The molecule has 2 aromatic carbocycles. The largest absolute Gasteiger partial charge is 0.508 e. The number of carbonyl (C=O) groups is 1. The number of phenols is 1. The number of aromatic hydroxyl groups is 1. The summed E-state index contributed by atoms with van der Waals surface area (Å²) in [6.45, 7) is 6.19. The molecule has 0 heterocycles. The number of carbonyl (C=O) groups excluding carboxylic acids is 1. The SMILES string of the molecule is CC(C)(C)c1ccc(O)c(C(O)c2ccccc2C=O)c1. The van der Waals surface area contributed by atoms with Crippen molar-refractivity contribution in [1.29, 1.82) is 0 Å². The van der Waals surface area contributed by atoms with E-state index < -0.39 is 6.10 Å². The molecule has 0 saturated carbocycles. The van der Waals surface area contributed by atoms with Crippen LogP contribution in [0.3, 0.4) is 0 Å². The Morgan fingerprint density at radius 3 is 2.33 bits per heavy atom. The van der Waals surface area contributed by atoms with Gasteiger partial charge in [0.15, 0.2) is 0 Å². The Kier molecular flexibility index (Phi) is 4.14. The molecule has 2 N–H and O–H groups in total. The van der Waals surface area contributed by atoms with Gasteiger partial charge < -0.3 is 10.2 Å². The van der Waals surface area contributed by atoms with E-state index in [1.54, 1.807) is 36.4 Å². The second-order valence-corrected chi connectivity index (χ2v) is 6.17. The van der Waals surface area contributed by atoms with Gasteiger partial charge in [-0.25, -0.2) is 0 Å². The molecule has 3 nitrogen and oxygen atoms in total. The van der Waals surface area contributed by atoms with Crippen LogP contribution >= 0.6 is 0 Å². The van der Waals surface area contributed by atoms with Crippen molar-refractivity contribution in [2.45, 2.75) is 32.3 Å². The van der Waals surface area contributed by atoms with Crippen molar-refractivity contribution in [1.82, 2.24) is 0 Å². The minimum atomic E-state index is -1.03. The number of benzene rings is 2. The molecule has 0 aromatic heterocycles. The van der Waals surface area contributed by atoms with Crippen molar-refractivity contribution in [2.75, 3.05) is 0 Å². The summed E-state index contributed by atoms with van der Waals surface area (Å²) in [5, 5.41) is 20.6. The van der Waals surface area contributed by atoms with Gasteiger partial charge in [-0.15, -0.1) is 0 Å². The molecule has 0 spiro atoms. The van der Waals surface area contributed by atoms with E-state index in [-0.39, 0.29) is 11.2 Å². The molecule has 3 heteroatoms. The van der Waals surface area contributed by atoms with Crippen LogP contribution in [0.2, 0.25) is 0 Å². The zero-order chi connectivity index (χ0) is 15.6. The third kappa shape index (κ3) is 3.14. The Hall–Kier alpha value is -2.13. The van der Waals surface area contributed by atoms with Crippen molar-refractivity contribution < 1.29 is 15.0 Å². The molecule has 2 rings (SSSR count). The Labute approximate surface area is 124 Å². The lowest BCUT2D eigenvalue weighted by molar-refractivity contribution is 0.111. The summed E-state index contributed by atoms with van der Waals surface area (Å²) >= 11 is 0. The molecule has 110 valence electrons. The molecule has 2 aromatic rings. The van der Waals surface area contributed by atoms with Crippen LogP contribution in [0.5, 0.6) is 5.75 Å². The van der Waals surface area contributed by atoms with Crippen molar-refractivity contribution in [3.63, 3.8) is 0 Å². The summed E-state index contributed by atoms with van der Waals surface area (Å²) in [5.41, 5.74) is 2.25. The fraction of sp³-hybridized carbons (Fsp3) is 0.278. The third-order valence-corrected chi connectivity index (χ3v) is 3.61. The van der Waals surface area contributed by atoms with Crippen molar-refractivity contribution in [2.24, 2.45) is 0 Å². The topological polar surface area (TPSA) is 57.5 Å². The maximum absolute atomic E-state index is 11.1. The number of aliphatic hydroxyl groups is 1. The van der Waals surface area contributed by atoms with Crippen LogP contribution in [-0.4, -0.2) is 16.5 Å². The smallest absolute Gasteiger partial charge is 0.150 e. The van der Waals surface area contributed by atoms with Crippen LogP contribution in [0.4, 0.5) is 0 Å². The van der Waals surface area contributed by atoms with Crippen molar-refractivity contribution >= 4 is 6.29 Å². The molecule has 0 bridgehead atoms. The van der Waals surface area contributed by atoms with E-state index in [1.165, 1.54) is 0 Å². The van der Waals surface area contributed by atoms with Crippen LogP contribution in [0.15, 0.2) is 42.5 Å². The predicted molar refractivity (Wildman–Crippen MR) is 82.7 cm³/mol. The Morgan fingerprint density at radius 1 is 1.05 bits per heavy atom. The maximum atomic E-state index is 11.1. The van der Waals surface area contributed by atoms with E-state index in [1.807, 2.05) is 6.07 Å². The Morgan fingerprint density at radius 2 is 1.71 bits per heavy atom. The highest BCUT2D eigenvalue weighted by Crippen LogP contribution is 2.34. The summed E-state index contributed by atoms with van der Waals surface area (Å²) in [6.07, 6.45) is -0.322. The lowest BCUT2D eigenvalue weighted by atomic mass is 9.84. The predicted octanol–water partition coefficient (Wildman–Crippen LogP) is 3.58. The van der Waals surface area contributed by atoms with E-state index >= 15 is 0 Å². The fourth-order valence-electron chi connectivity index (χ4n) is 2.27. The quantitative estimate of drug-likeness (QED) is 0.847. The average Bonchev–Trinajstić information content (AvgIpc) is 2.45. The number of rotatable bonds is 3. The summed E-state index contributed by atoms with van der Waals surface area (Å²) in [7, 11) is 0. The van der Waals surface area contributed by atoms with E-state index in [4.69, 9.17) is 0 Å². The van der Waals surface area contributed by atoms with Gasteiger partial charge >= 0.3 is 0 Å². The first-order valence-electron chi connectivity index (χ1n) is 6.90. The standard InChI is InChI=1S/C18H20O3/c1-18(2,3)13-8-9-16(20)15(10-13)17(21)14-7-5-4-6-12(14)11-19/h4-11,17,20-21H,1-3H3. The van der Waals surface area contributed by atoms with Gasteiger partial charge in [0.05, 0.1) is 0 Å². The van der Waals surface area contributed by atoms with E-state index in [0.717, 1.165) is 5.56 Å². The van der Waals surface area contributed by atoms with Crippen LogP contribution in [-0.2, 0) is 5.41 Å². The normalized spacial score (nSPS) is 13.0. The van der Waals surface area contributed by atoms with Crippen molar-refractivity contribution in [3.05, 3.63) is 64.7 Å². The van der Waals surface area contributed by atoms with E-state index in [0.29, 0.717) is 23.0 Å². The molecular weight excluding hydrogens is 264 g/mol. The van der Waals surface area contributed by atoms with Crippen LogP contribution < -0.4 is 0 Å². The zero-order valence-corrected chi connectivity index (χ0v) is 12.5. The molecule has 0 aliphatic carbocycles. The summed E-state index contributed by atoms with van der Waals surface area (Å²) in [4.78, 5) is 11.1. The highest BCUT2D eigenvalue weighted by Gasteiger charge is 2.21. The maximum Gasteiger partial charge on any atom is 0.150 e. The van der Waals surface area contributed by atoms with Crippen LogP contribution in [0, 0.1) is 0 Å². The summed E-state index contributed by atoms with van der Waals surface area (Å²) in [6, 6.07) is 12.1. The highest BCUT2D eigenvalue weighted by molar-refractivity contribution is 5.77. The molecule has 0 amide bonds. The second kappa shape index (κ2) is 5.70. The first kappa shape index (κ1) is 15.3. The second-order valence-electron chi connectivity index (χ2n) is 6.17. The summed E-state index contributed by atoms with van der Waals surface area (Å²) in [5.74, 6) is 0.0243. The average molecular weight is 284 g/mol. The first-order valence-corrected chi connectivity index (χ1v) is 6.90. The lowest BCUT2D eigenvalue weighted by Gasteiger charge is -2.22. The van der Waals surface area contributed by atoms with Gasteiger partial charge in [0.2, 0.25) is 0 Å². The van der Waals surface area contributed by atoms with Crippen LogP contribution in [0.1, 0.15) is 53.9 Å². The fourth-order valence-corrected chi connectivity index (χ4v) is 2.27. The van der Waals surface area contributed by atoms with Gasteiger partial charge in [0.25, 0.3) is 0 Å². The lowest BCUT2D eigenvalue weighted by Crippen LogP contribution is -2.12. The number of aliphatic hydroxyl groups excluding tert-OH is 1. The number of hydrogen-bond acceptors (Lipinski definition) is 3. The molecular formula is C18H20O3. The molecule has 0 aliphatic heterocycles. The molecule has 0 radical (unpaired) electrons. The van der Waals surface area contributed by atoms with Crippen molar-refractivity contribution in [3.8, 4) is 5.75 Å². The number of aldehydes is 1. The first-order chi connectivity index (χ1) is 9.84. The van der Waals surface area contributed by atoms with E-state index in [9.17, 15) is 15.0 Å². The molecule has 0 saturated heterocycles. The van der Waals surface area contributed by atoms with Crippen LogP contribution in [0.25, 0.3) is 0 Å². The van der Waals surface area contributed by atoms with Gasteiger partial charge in [-0.05, 0) is 28.7 Å². The van der Waals surface area contributed by atoms with Gasteiger partial charge in [0.1, 0.15) is 18.1 Å². The highest BCUT2D eigenvalue weighted by atomic mass is 16.3. The molecule has 21 heavy (non-hydrogen) atoms. The Balaban J connectivity index is 2.52. The summed E-state index contributed by atoms with van der Waals surface area (Å²) < 4.78 is 0. The minimum absolute atomic E-state index is 0.0243. The van der Waals surface area contributed by atoms with Gasteiger partial charge in [0, 0.05) is 11.1 Å². The number of phenolic OH excluding ortho intramolecular Hbond substituents is 1. The number of hydrogen-bond donors (Lipinski definition) is 2. The molecule has 0 aliphatic rings. The zero-order valence-electron chi connectivity index (χ0n) is 12.5. The van der Waals surface area contributed by atoms with Gasteiger partial charge in [-0.3, -0.25) is 4.79 Å². The van der Waals surface area contributed by atoms with E-state index in [2.05, 4.69) is 20.8 Å². The minimum Gasteiger partial charge on any atom is -0.508 e.